The van der Waals surface area contributed by atoms with Crippen LogP contribution in [0.4, 0.5) is 4.79 Å². The van der Waals surface area contributed by atoms with Gasteiger partial charge < -0.3 is 15.3 Å². The van der Waals surface area contributed by atoms with Gasteiger partial charge in [0.15, 0.2) is 0 Å². The Morgan fingerprint density at radius 2 is 2.10 bits per heavy atom. The van der Waals surface area contributed by atoms with E-state index in [0.29, 0.717) is 6.54 Å². The standard InChI is InChI=1S/C15H22N2O3S/c1-8-6-17(7-13(8)14(18)19)15(20)16-10(3)12-5-9(2)21-11(12)4/h5,8,10,13H,6-7H2,1-4H3,(H,16,20)(H,18,19). The van der Waals surface area contributed by atoms with E-state index in [9.17, 15) is 9.59 Å². The molecule has 0 bridgehead atoms. The highest BCUT2D eigenvalue weighted by Gasteiger charge is 2.37. The Bertz CT molecular complexity index is 555. The monoisotopic (exact) mass is 310 g/mol. The maximum atomic E-state index is 12.3. The summed E-state index contributed by atoms with van der Waals surface area (Å²) in [5.41, 5.74) is 1.13. The summed E-state index contributed by atoms with van der Waals surface area (Å²) in [5, 5.41) is 12.1. The molecule has 1 aliphatic heterocycles. The highest BCUT2D eigenvalue weighted by Crippen LogP contribution is 2.27. The van der Waals surface area contributed by atoms with Crippen molar-refractivity contribution in [1.29, 1.82) is 0 Å². The third-order valence-electron chi connectivity index (χ3n) is 4.10. The van der Waals surface area contributed by atoms with Crippen molar-refractivity contribution in [2.75, 3.05) is 13.1 Å². The molecule has 6 heteroatoms. The lowest BCUT2D eigenvalue weighted by molar-refractivity contribution is -0.142. The third-order valence-corrected chi connectivity index (χ3v) is 5.08. The van der Waals surface area contributed by atoms with Crippen molar-refractivity contribution in [2.24, 2.45) is 11.8 Å². The lowest BCUT2D eigenvalue weighted by atomic mass is 9.99. The Labute approximate surface area is 129 Å². The van der Waals surface area contributed by atoms with E-state index < -0.39 is 11.9 Å². The second-order valence-corrected chi connectivity index (χ2v) is 7.33. The molecule has 2 heterocycles. The smallest absolute Gasteiger partial charge is 0.317 e. The number of hydrogen-bond donors (Lipinski definition) is 2. The number of urea groups is 1. The zero-order valence-corrected chi connectivity index (χ0v) is 13.7. The van der Waals surface area contributed by atoms with E-state index in [-0.39, 0.29) is 24.5 Å². The van der Waals surface area contributed by atoms with Crippen molar-refractivity contribution in [2.45, 2.75) is 33.7 Å². The number of rotatable bonds is 3. The number of hydrogen-bond acceptors (Lipinski definition) is 3. The Hall–Kier alpha value is -1.56. The van der Waals surface area contributed by atoms with E-state index in [1.165, 1.54) is 9.75 Å². The van der Waals surface area contributed by atoms with Gasteiger partial charge in [0.25, 0.3) is 0 Å². The van der Waals surface area contributed by atoms with Gasteiger partial charge in [-0.3, -0.25) is 4.79 Å². The number of carbonyl (C=O) groups is 2. The Balaban J connectivity index is 1.99. The van der Waals surface area contributed by atoms with Gasteiger partial charge in [-0.1, -0.05) is 6.92 Å². The summed E-state index contributed by atoms with van der Waals surface area (Å²) in [6.45, 7) is 8.72. The van der Waals surface area contributed by atoms with Gasteiger partial charge in [0.1, 0.15) is 0 Å². The minimum atomic E-state index is -0.824. The van der Waals surface area contributed by atoms with Crippen molar-refractivity contribution in [3.63, 3.8) is 0 Å². The topological polar surface area (TPSA) is 69.6 Å². The Morgan fingerprint density at radius 1 is 1.43 bits per heavy atom. The van der Waals surface area contributed by atoms with Crippen LogP contribution in [0.15, 0.2) is 6.07 Å². The van der Waals surface area contributed by atoms with Crippen molar-refractivity contribution >= 4 is 23.3 Å². The van der Waals surface area contributed by atoms with E-state index in [4.69, 9.17) is 5.11 Å². The highest BCUT2D eigenvalue weighted by atomic mass is 32.1. The molecule has 1 aliphatic rings. The van der Waals surface area contributed by atoms with E-state index in [2.05, 4.69) is 18.3 Å². The van der Waals surface area contributed by atoms with Crippen molar-refractivity contribution in [3.05, 3.63) is 21.4 Å². The fourth-order valence-corrected chi connectivity index (χ4v) is 3.91. The Kier molecular flexibility index (Phi) is 4.56. The molecule has 116 valence electrons. The summed E-state index contributed by atoms with van der Waals surface area (Å²) in [7, 11) is 0. The van der Waals surface area contributed by atoms with Crippen LogP contribution in [-0.2, 0) is 4.79 Å². The number of aryl methyl sites for hydroxylation is 2. The highest BCUT2D eigenvalue weighted by molar-refractivity contribution is 7.12. The van der Waals surface area contributed by atoms with E-state index in [1.54, 1.807) is 16.2 Å². The number of carboxylic acid groups (broad SMARTS) is 1. The Morgan fingerprint density at radius 3 is 2.57 bits per heavy atom. The average molecular weight is 310 g/mol. The van der Waals surface area contributed by atoms with Gasteiger partial charge in [-0.15, -0.1) is 11.3 Å². The quantitative estimate of drug-likeness (QED) is 0.902. The number of aliphatic carboxylic acids is 1. The van der Waals surface area contributed by atoms with Crippen LogP contribution in [-0.4, -0.2) is 35.1 Å². The molecule has 0 spiro atoms. The molecule has 1 aromatic heterocycles. The summed E-state index contributed by atoms with van der Waals surface area (Å²) < 4.78 is 0. The van der Waals surface area contributed by atoms with Gasteiger partial charge >= 0.3 is 12.0 Å². The van der Waals surface area contributed by atoms with Crippen LogP contribution in [0.1, 0.15) is 35.2 Å². The molecule has 0 radical (unpaired) electrons. The second-order valence-electron chi connectivity index (χ2n) is 5.87. The van der Waals surface area contributed by atoms with Gasteiger partial charge in [-0.2, -0.15) is 0 Å². The molecule has 0 saturated carbocycles. The first-order valence-corrected chi connectivity index (χ1v) is 7.96. The molecule has 1 aromatic rings. The summed E-state index contributed by atoms with van der Waals surface area (Å²) in [6, 6.07) is 1.85. The molecule has 3 unspecified atom stereocenters. The first kappa shape index (κ1) is 15.8. The van der Waals surface area contributed by atoms with E-state index in [0.717, 1.165) is 5.56 Å². The molecule has 2 N–H and O–H groups in total. The van der Waals surface area contributed by atoms with Crippen LogP contribution in [0.3, 0.4) is 0 Å². The number of nitrogens with one attached hydrogen (secondary N) is 1. The van der Waals surface area contributed by atoms with Crippen LogP contribution in [0, 0.1) is 25.7 Å². The molecular formula is C15H22N2O3S. The zero-order chi connectivity index (χ0) is 15.7. The number of thiophene rings is 1. The number of carboxylic acids is 1. The first-order valence-electron chi connectivity index (χ1n) is 7.14. The lowest BCUT2D eigenvalue weighted by Gasteiger charge is -2.21. The van der Waals surface area contributed by atoms with Crippen LogP contribution in [0.25, 0.3) is 0 Å². The van der Waals surface area contributed by atoms with Crippen LogP contribution < -0.4 is 5.32 Å². The molecule has 3 atom stereocenters. The number of amides is 2. The SMILES string of the molecule is Cc1cc(C(C)NC(=O)N2CC(C)C(C(=O)O)C2)c(C)s1. The van der Waals surface area contributed by atoms with Gasteiger partial charge in [0.2, 0.25) is 0 Å². The first-order chi connectivity index (χ1) is 9.79. The van der Waals surface area contributed by atoms with E-state index >= 15 is 0 Å². The van der Waals surface area contributed by atoms with E-state index in [1.807, 2.05) is 20.8 Å². The van der Waals surface area contributed by atoms with Gasteiger partial charge in [-0.05, 0) is 38.3 Å². The minimum absolute atomic E-state index is 0.00585. The van der Waals surface area contributed by atoms with Crippen molar-refractivity contribution in [3.8, 4) is 0 Å². The van der Waals surface area contributed by atoms with Crippen LogP contribution >= 0.6 is 11.3 Å². The summed E-state index contributed by atoms with van der Waals surface area (Å²) in [4.78, 5) is 27.4. The van der Waals surface area contributed by atoms with Crippen molar-refractivity contribution < 1.29 is 14.7 Å². The molecule has 1 saturated heterocycles. The summed E-state index contributed by atoms with van der Waals surface area (Å²) in [5.74, 6) is -1.29. The number of nitrogens with zero attached hydrogens (tertiary/aromatic N) is 1. The molecule has 0 aromatic carbocycles. The predicted octanol–water partition coefficient (Wildman–Crippen LogP) is 2.79. The largest absolute Gasteiger partial charge is 0.481 e. The molecular weight excluding hydrogens is 288 g/mol. The van der Waals surface area contributed by atoms with Gasteiger partial charge in [0.05, 0.1) is 12.0 Å². The minimum Gasteiger partial charge on any atom is -0.481 e. The predicted molar refractivity (Wildman–Crippen MR) is 82.6 cm³/mol. The second kappa shape index (κ2) is 6.05. The maximum absolute atomic E-state index is 12.3. The van der Waals surface area contributed by atoms with Gasteiger partial charge in [-0.25, -0.2) is 4.79 Å². The van der Waals surface area contributed by atoms with Crippen LogP contribution in [0.2, 0.25) is 0 Å². The molecule has 21 heavy (non-hydrogen) atoms. The molecule has 2 rings (SSSR count). The maximum Gasteiger partial charge on any atom is 0.317 e. The fraction of sp³-hybridized carbons (Fsp3) is 0.600. The average Bonchev–Trinajstić information content (AvgIpc) is 2.92. The normalized spacial score (nSPS) is 23.1. The molecule has 0 aliphatic carbocycles. The van der Waals surface area contributed by atoms with Crippen molar-refractivity contribution in [1.82, 2.24) is 10.2 Å². The third kappa shape index (κ3) is 3.37. The fourth-order valence-electron chi connectivity index (χ4n) is 2.89. The van der Waals surface area contributed by atoms with Gasteiger partial charge in [0, 0.05) is 22.8 Å². The summed E-state index contributed by atoms with van der Waals surface area (Å²) in [6.07, 6.45) is 0. The zero-order valence-electron chi connectivity index (χ0n) is 12.8. The number of likely N-dealkylation sites (tertiary alicyclic amines) is 1. The number of carbonyl (C=O) groups excluding carboxylic acids is 1. The summed E-state index contributed by atoms with van der Waals surface area (Å²) >= 11 is 1.72. The lowest BCUT2D eigenvalue weighted by Crippen LogP contribution is -2.40. The van der Waals surface area contributed by atoms with Crippen LogP contribution in [0.5, 0.6) is 0 Å². The molecule has 5 nitrogen and oxygen atoms in total. The molecule has 1 fully saturated rings. The molecule has 2 amide bonds.